The van der Waals surface area contributed by atoms with Crippen LogP contribution in [0.3, 0.4) is 0 Å². The molecule has 2 aliphatic rings. The summed E-state index contributed by atoms with van der Waals surface area (Å²) in [5.41, 5.74) is 6.82. The first-order chi connectivity index (χ1) is 10.4. The highest BCUT2D eigenvalue weighted by Gasteiger charge is 2.28. The molecule has 2 heterocycles. The maximum atomic E-state index is 5.82. The van der Waals surface area contributed by atoms with E-state index in [2.05, 4.69) is 17.0 Å². The number of nitrogens with two attached hydrogens (primary N) is 1. The SMILES string of the molecule is NCCCOc1ccc2c(c1)C(N1CCCCC1)CCO2. The third-order valence-corrected chi connectivity index (χ3v) is 4.44. The first kappa shape index (κ1) is 14.7. The molecule has 0 amide bonds. The van der Waals surface area contributed by atoms with Gasteiger partial charge >= 0.3 is 0 Å². The zero-order chi connectivity index (χ0) is 14.5. The third-order valence-electron chi connectivity index (χ3n) is 4.44. The van der Waals surface area contributed by atoms with Gasteiger partial charge in [0, 0.05) is 18.0 Å². The van der Waals surface area contributed by atoms with Gasteiger partial charge < -0.3 is 15.2 Å². The molecule has 4 nitrogen and oxygen atoms in total. The van der Waals surface area contributed by atoms with Crippen LogP contribution in [0.2, 0.25) is 0 Å². The van der Waals surface area contributed by atoms with Crippen LogP contribution in [0.5, 0.6) is 11.5 Å². The van der Waals surface area contributed by atoms with Crippen molar-refractivity contribution >= 4 is 0 Å². The molecular weight excluding hydrogens is 264 g/mol. The van der Waals surface area contributed by atoms with E-state index in [4.69, 9.17) is 15.2 Å². The Balaban J connectivity index is 1.75. The summed E-state index contributed by atoms with van der Waals surface area (Å²) in [6, 6.07) is 6.73. The van der Waals surface area contributed by atoms with Crippen LogP contribution < -0.4 is 15.2 Å². The lowest BCUT2D eigenvalue weighted by Gasteiger charge is -2.38. The van der Waals surface area contributed by atoms with E-state index < -0.39 is 0 Å². The number of piperidine rings is 1. The molecular formula is C17H26N2O2. The molecule has 0 aromatic heterocycles. The standard InChI is InChI=1S/C17H26N2O2/c18-8-4-11-20-14-5-6-17-15(13-14)16(7-12-21-17)19-9-2-1-3-10-19/h5-6,13,16H,1-4,7-12,18H2. The predicted octanol–water partition coefficient (Wildman–Crippen LogP) is 2.72. The van der Waals surface area contributed by atoms with E-state index in [0.717, 1.165) is 30.9 Å². The molecule has 1 aromatic carbocycles. The molecule has 1 atom stereocenters. The number of benzene rings is 1. The van der Waals surface area contributed by atoms with Crippen LogP contribution in [0.15, 0.2) is 18.2 Å². The first-order valence-corrected chi connectivity index (χ1v) is 8.22. The third kappa shape index (κ3) is 3.50. The van der Waals surface area contributed by atoms with Crippen LogP contribution in [0.1, 0.15) is 43.7 Å². The summed E-state index contributed by atoms with van der Waals surface area (Å²) in [5, 5.41) is 0. The van der Waals surface area contributed by atoms with E-state index in [9.17, 15) is 0 Å². The lowest BCUT2D eigenvalue weighted by Crippen LogP contribution is -2.36. The maximum absolute atomic E-state index is 5.82. The Morgan fingerprint density at radius 2 is 2.10 bits per heavy atom. The minimum Gasteiger partial charge on any atom is -0.494 e. The van der Waals surface area contributed by atoms with Crippen LogP contribution in [-0.4, -0.2) is 37.7 Å². The zero-order valence-corrected chi connectivity index (χ0v) is 12.7. The highest BCUT2D eigenvalue weighted by molar-refractivity contribution is 5.43. The van der Waals surface area contributed by atoms with Gasteiger partial charge in [-0.15, -0.1) is 0 Å². The molecule has 2 aliphatic heterocycles. The Bertz CT molecular complexity index is 458. The van der Waals surface area contributed by atoms with Crippen molar-refractivity contribution in [2.75, 3.05) is 32.8 Å². The summed E-state index contributed by atoms with van der Waals surface area (Å²) in [6.07, 6.45) is 5.98. The van der Waals surface area contributed by atoms with Crippen molar-refractivity contribution in [2.24, 2.45) is 5.73 Å². The number of likely N-dealkylation sites (tertiary alicyclic amines) is 1. The Kier molecular flexibility index (Phi) is 4.99. The van der Waals surface area contributed by atoms with Crippen molar-refractivity contribution < 1.29 is 9.47 Å². The van der Waals surface area contributed by atoms with Crippen molar-refractivity contribution in [1.82, 2.24) is 4.90 Å². The number of nitrogens with zero attached hydrogens (tertiary/aromatic N) is 1. The quantitative estimate of drug-likeness (QED) is 0.847. The van der Waals surface area contributed by atoms with Gasteiger partial charge in [-0.1, -0.05) is 6.42 Å². The van der Waals surface area contributed by atoms with Crippen molar-refractivity contribution in [3.63, 3.8) is 0 Å². The van der Waals surface area contributed by atoms with E-state index in [-0.39, 0.29) is 0 Å². The van der Waals surface area contributed by atoms with E-state index in [1.807, 2.05) is 6.07 Å². The smallest absolute Gasteiger partial charge is 0.124 e. The number of hydrogen-bond donors (Lipinski definition) is 1. The fraction of sp³-hybridized carbons (Fsp3) is 0.647. The minimum absolute atomic E-state index is 0.493. The van der Waals surface area contributed by atoms with Gasteiger partial charge in [-0.05, 0) is 57.1 Å². The van der Waals surface area contributed by atoms with Crippen LogP contribution in [0.4, 0.5) is 0 Å². The number of fused-ring (bicyclic) bond motifs is 1. The van der Waals surface area contributed by atoms with Gasteiger partial charge in [0.2, 0.25) is 0 Å². The highest BCUT2D eigenvalue weighted by Crippen LogP contribution is 2.39. The summed E-state index contributed by atoms with van der Waals surface area (Å²) in [7, 11) is 0. The van der Waals surface area contributed by atoms with Gasteiger partial charge in [-0.2, -0.15) is 0 Å². The number of ether oxygens (including phenoxy) is 2. The van der Waals surface area contributed by atoms with Gasteiger partial charge in [0.15, 0.2) is 0 Å². The van der Waals surface area contributed by atoms with Crippen molar-refractivity contribution in [3.05, 3.63) is 23.8 Å². The predicted molar refractivity (Wildman–Crippen MR) is 83.9 cm³/mol. The molecule has 0 aliphatic carbocycles. The topological polar surface area (TPSA) is 47.7 Å². The molecule has 4 heteroatoms. The lowest BCUT2D eigenvalue weighted by atomic mass is 9.96. The maximum Gasteiger partial charge on any atom is 0.124 e. The fourth-order valence-electron chi connectivity index (χ4n) is 3.33. The second kappa shape index (κ2) is 7.14. The largest absolute Gasteiger partial charge is 0.494 e. The average molecular weight is 290 g/mol. The zero-order valence-electron chi connectivity index (χ0n) is 12.7. The normalized spacial score (nSPS) is 22.4. The highest BCUT2D eigenvalue weighted by atomic mass is 16.5. The average Bonchev–Trinajstić information content (AvgIpc) is 2.55. The molecule has 2 N–H and O–H groups in total. The Morgan fingerprint density at radius 1 is 1.24 bits per heavy atom. The molecule has 0 bridgehead atoms. The van der Waals surface area contributed by atoms with Crippen LogP contribution in [0.25, 0.3) is 0 Å². The molecule has 1 saturated heterocycles. The second-order valence-electron chi connectivity index (χ2n) is 5.94. The molecule has 1 aromatic rings. The summed E-state index contributed by atoms with van der Waals surface area (Å²) < 4.78 is 11.6. The van der Waals surface area contributed by atoms with Gasteiger partial charge in [0.25, 0.3) is 0 Å². The van der Waals surface area contributed by atoms with Gasteiger partial charge in [-0.3, -0.25) is 4.90 Å². The summed E-state index contributed by atoms with van der Waals surface area (Å²) in [5.74, 6) is 1.97. The molecule has 0 saturated carbocycles. The fourth-order valence-corrected chi connectivity index (χ4v) is 3.33. The van der Waals surface area contributed by atoms with Crippen molar-refractivity contribution in [2.45, 2.75) is 38.1 Å². The molecule has 1 fully saturated rings. The molecule has 3 rings (SSSR count). The van der Waals surface area contributed by atoms with E-state index in [1.54, 1.807) is 0 Å². The van der Waals surface area contributed by atoms with Gasteiger partial charge in [-0.25, -0.2) is 0 Å². The Labute approximate surface area is 127 Å². The molecule has 0 radical (unpaired) electrons. The van der Waals surface area contributed by atoms with Crippen LogP contribution in [0, 0.1) is 0 Å². The summed E-state index contributed by atoms with van der Waals surface area (Å²) >= 11 is 0. The molecule has 0 spiro atoms. The second-order valence-corrected chi connectivity index (χ2v) is 5.94. The van der Waals surface area contributed by atoms with E-state index in [0.29, 0.717) is 19.2 Å². The number of hydrogen-bond acceptors (Lipinski definition) is 4. The molecule has 1 unspecified atom stereocenters. The van der Waals surface area contributed by atoms with Gasteiger partial charge in [0.1, 0.15) is 11.5 Å². The Hall–Kier alpha value is -1.26. The van der Waals surface area contributed by atoms with E-state index in [1.165, 1.54) is 37.9 Å². The van der Waals surface area contributed by atoms with Crippen molar-refractivity contribution in [3.8, 4) is 11.5 Å². The Morgan fingerprint density at radius 3 is 2.90 bits per heavy atom. The lowest BCUT2D eigenvalue weighted by molar-refractivity contribution is 0.119. The van der Waals surface area contributed by atoms with E-state index >= 15 is 0 Å². The summed E-state index contributed by atoms with van der Waals surface area (Å²) in [4.78, 5) is 2.62. The van der Waals surface area contributed by atoms with Crippen LogP contribution >= 0.6 is 0 Å². The minimum atomic E-state index is 0.493. The molecule has 21 heavy (non-hydrogen) atoms. The first-order valence-electron chi connectivity index (χ1n) is 8.22. The molecule has 116 valence electrons. The number of rotatable bonds is 5. The van der Waals surface area contributed by atoms with Crippen molar-refractivity contribution in [1.29, 1.82) is 0 Å². The van der Waals surface area contributed by atoms with Crippen LogP contribution in [-0.2, 0) is 0 Å². The van der Waals surface area contributed by atoms with Gasteiger partial charge in [0.05, 0.1) is 13.2 Å². The monoisotopic (exact) mass is 290 g/mol. The summed E-state index contributed by atoms with van der Waals surface area (Å²) in [6.45, 7) is 4.60.